The molecule has 0 N–H and O–H groups in total. The number of nitrogens with zero attached hydrogens (tertiary/aromatic N) is 2. The van der Waals surface area contributed by atoms with Crippen LogP contribution in [-0.2, 0) is 19.8 Å². The van der Waals surface area contributed by atoms with Crippen LogP contribution in [0.1, 0.15) is 19.0 Å². The van der Waals surface area contributed by atoms with E-state index in [2.05, 4.69) is 6.92 Å². The van der Waals surface area contributed by atoms with Crippen LogP contribution in [0.2, 0.25) is 0 Å². The second-order valence-electron chi connectivity index (χ2n) is 5.60. The Labute approximate surface area is 151 Å². The standard InChI is InChI=1S/C18H24N2O4S/c1-4-9-23-15-5-7-16(8-6-15)24-10-11-25-13-14-12-17(21)20(3)18(22)19(14)2/h5-8,12H,4,9-11,13H2,1-3H3. The second kappa shape index (κ2) is 9.36. The van der Waals surface area contributed by atoms with Crippen molar-refractivity contribution in [3.05, 3.63) is 56.9 Å². The molecular formula is C18H24N2O4S. The Morgan fingerprint density at radius 3 is 2.16 bits per heavy atom. The van der Waals surface area contributed by atoms with Gasteiger partial charge in [0, 0.05) is 37.4 Å². The van der Waals surface area contributed by atoms with Crippen molar-refractivity contribution in [2.75, 3.05) is 19.0 Å². The van der Waals surface area contributed by atoms with Gasteiger partial charge in [-0.3, -0.25) is 13.9 Å². The summed E-state index contributed by atoms with van der Waals surface area (Å²) in [5.74, 6) is 2.99. The summed E-state index contributed by atoms with van der Waals surface area (Å²) >= 11 is 1.62. The third kappa shape index (κ3) is 5.42. The van der Waals surface area contributed by atoms with E-state index in [1.165, 1.54) is 17.7 Å². The van der Waals surface area contributed by atoms with Gasteiger partial charge in [-0.15, -0.1) is 0 Å². The molecule has 0 spiro atoms. The lowest BCUT2D eigenvalue weighted by Gasteiger charge is -2.10. The van der Waals surface area contributed by atoms with Crippen LogP contribution >= 0.6 is 11.8 Å². The Balaban J connectivity index is 1.77. The fourth-order valence-corrected chi connectivity index (χ4v) is 3.00. The van der Waals surface area contributed by atoms with Crippen LogP contribution in [0, 0.1) is 0 Å². The fraction of sp³-hybridized carbons (Fsp3) is 0.444. The molecular weight excluding hydrogens is 340 g/mol. The SMILES string of the molecule is CCCOc1ccc(OCCSCc2cc(=O)n(C)c(=O)n2C)cc1. The van der Waals surface area contributed by atoms with Gasteiger partial charge in [0.2, 0.25) is 0 Å². The van der Waals surface area contributed by atoms with Gasteiger partial charge in [0.1, 0.15) is 11.5 Å². The van der Waals surface area contributed by atoms with Gasteiger partial charge in [0.05, 0.1) is 13.2 Å². The lowest BCUT2D eigenvalue weighted by molar-refractivity contribution is 0.314. The van der Waals surface area contributed by atoms with Crippen LogP contribution < -0.4 is 20.7 Å². The molecule has 1 aromatic carbocycles. The molecule has 0 saturated carbocycles. The first-order valence-corrected chi connectivity index (χ1v) is 9.37. The molecule has 7 heteroatoms. The number of hydrogen-bond acceptors (Lipinski definition) is 5. The maximum absolute atomic E-state index is 11.9. The van der Waals surface area contributed by atoms with Crippen molar-refractivity contribution < 1.29 is 9.47 Å². The molecule has 0 aliphatic rings. The summed E-state index contributed by atoms with van der Waals surface area (Å²) in [5.41, 5.74) is 0.139. The summed E-state index contributed by atoms with van der Waals surface area (Å²) in [4.78, 5) is 23.5. The smallest absolute Gasteiger partial charge is 0.330 e. The maximum atomic E-state index is 11.9. The lowest BCUT2D eigenvalue weighted by Crippen LogP contribution is -2.37. The quantitative estimate of drug-likeness (QED) is 0.638. The molecule has 0 radical (unpaired) electrons. The van der Waals surface area contributed by atoms with Crippen molar-refractivity contribution >= 4 is 11.8 Å². The van der Waals surface area contributed by atoms with E-state index in [4.69, 9.17) is 9.47 Å². The zero-order valence-electron chi connectivity index (χ0n) is 14.9. The predicted molar refractivity (Wildman–Crippen MR) is 101 cm³/mol. The normalized spacial score (nSPS) is 10.7. The van der Waals surface area contributed by atoms with Gasteiger partial charge < -0.3 is 9.47 Å². The molecule has 0 fully saturated rings. The minimum atomic E-state index is -0.301. The highest BCUT2D eigenvalue weighted by Gasteiger charge is 2.05. The summed E-state index contributed by atoms with van der Waals surface area (Å²) < 4.78 is 13.8. The molecule has 0 bridgehead atoms. The van der Waals surface area contributed by atoms with Crippen molar-refractivity contribution in [2.24, 2.45) is 14.1 Å². The van der Waals surface area contributed by atoms with Crippen molar-refractivity contribution in [1.29, 1.82) is 0 Å². The zero-order valence-corrected chi connectivity index (χ0v) is 15.7. The molecule has 25 heavy (non-hydrogen) atoms. The third-order valence-electron chi connectivity index (χ3n) is 3.67. The molecule has 0 atom stereocenters. The molecule has 0 saturated heterocycles. The highest BCUT2D eigenvalue weighted by Crippen LogP contribution is 2.18. The van der Waals surface area contributed by atoms with Gasteiger partial charge in [-0.05, 0) is 30.7 Å². The molecule has 136 valence electrons. The summed E-state index contributed by atoms with van der Waals surface area (Å²) in [5, 5.41) is 0. The molecule has 0 amide bonds. The summed E-state index contributed by atoms with van der Waals surface area (Å²) in [6, 6.07) is 9.08. The van der Waals surface area contributed by atoms with E-state index in [0.29, 0.717) is 19.0 Å². The Morgan fingerprint density at radius 2 is 1.56 bits per heavy atom. The van der Waals surface area contributed by atoms with E-state index in [1.54, 1.807) is 18.8 Å². The number of rotatable bonds is 9. The van der Waals surface area contributed by atoms with E-state index in [-0.39, 0.29) is 11.2 Å². The number of benzene rings is 1. The summed E-state index contributed by atoms with van der Waals surface area (Å²) in [6.07, 6.45) is 0.981. The Bertz CT molecular complexity index is 796. The third-order valence-corrected chi connectivity index (χ3v) is 4.62. The molecule has 1 heterocycles. The van der Waals surface area contributed by atoms with Gasteiger partial charge >= 0.3 is 5.69 Å². The first-order valence-electron chi connectivity index (χ1n) is 8.22. The maximum Gasteiger partial charge on any atom is 0.330 e. The van der Waals surface area contributed by atoms with Crippen LogP contribution in [-0.4, -0.2) is 28.1 Å². The number of ether oxygens (including phenoxy) is 2. The molecule has 6 nitrogen and oxygen atoms in total. The predicted octanol–water partition coefficient (Wildman–Crippen LogP) is 2.18. The molecule has 1 aromatic heterocycles. The summed E-state index contributed by atoms with van der Waals surface area (Å²) in [7, 11) is 3.16. The Morgan fingerprint density at radius 1 is 0.960 bits per heavy atom. The average Bonchev–Trinajstić information content (AvgIpc) is 2.63. The largest absolute Gasteiger partial charge is 0.494 e. The summed E-state index contributed by atoms with van der Waals surface area (Å²) in [6.45, 7) is 3.33. The Hall–Kier alpha value is -2.15. The lowest BCUT2D eigenvalue weighted by atomic mass is 10.3. The van der Waals surface area contributed by atoms with Gasteiger partial charge in [0.25, 0.3) is 5.56 Å². The minimum absolute atomic E-state index is 0.277. The van der Waals surface area contributed by atoms with E-state index >= 15 is 0 Å². The van der Waals surface area contributed by atoms with Gasteiger partial charge in [0.15, 0.2) is 0 Å². The molecule has 0 aliphatic heterocycles. The monoisotopic (exact) mass is 364 g/mol. The van der Waals surface area contributed by atoms with Crippen LogP contribution in [0.25, 0.3) is 0 Å². The fourth-order valence-electron chi connectivity index (χ4n) is 2.16. The molecule has 2 rings (SSSR count). The van der Waals surface area contributed by atoms with E-state index in [0.717, 1.165) is 33.9 Å². The van der Waals surface area contributed by atoms with Crippen molar-refractivity contribution in [2.45, 2.75) is 19.1 Å². The van der Waals surface area contributed by atoms with E-state index in [9.17, 15) is 9.59 Å². The van der Waals surface area contributed by atoms with E-state index < -0.39 is 0 Å². The number of thioether (sulfide) groups is 1. The van der Waals surface area contributed by atoms with Crippen LogP contribution in [0.15, 0.2) is 39.9 Å². The number of hydrogen-bond donors (Lipinski definition) is 0. The molecule has 0 unspecified atom stereocenters. The first-order chi connectivity index (χ1) is 12.0. The van der Waals surface area contributed by atoms with Crippen LogP contribution in [0.3, 0.4) is 0 Å². The van der Waals surface area contributed by atoms with Gasteiger partial charge in [-0.1, -0.05) is 6.92 Å². The highest BCUT2D eigenvalue weighted by atomic mass is 32.2. The number of aromatic nitrogens is 2. The van der Waals surface area contributed by atoms with Crippen molar-refractivity contribution in [1.82, 2.24) is 9.13 Å². The highest BCUT2D eigenvalue weighted by molar-refractivity contribution is 7.98. The first kappa shape index (κ1) is 19.2. The molecule has 0 aliphatic carbocycles. The topological polar surface area (TPSA) is 62.5 Å². The second-order valence-corrected chi connectivity index (χ2v) is 6.70. The van der Waals surface area contributed by atoms with Crippen molar-refractivity contribution in [3.63, 3.8) is 0 Å². The Kier molecular flexibility index (Phi) is 7.18. The van der Waals surface area contributed by atoms with Gasteiger partial charge in [-0.25, -0.2) is 4.79 Å². The molecule has 2 aromatic rings. The van der Waals surface area contributed by atoms with Crippen LogP contribution in [0.4, 0.5) is 0 Å². The van der Waals surface area contributed by atoms with Gasteiger partial charge in [-0.2, -0.15) is 11.8 Å². The minimum Gasteiger partial charge on any atom is -0.494 e. The zero-order chi connectivity index (χ0) is 18.2. The van der Waals surface area contributed by atoms with Crippen molar-refractivity contribution in [3.8, 4) is 11.5 Å². The van der Waals surface area contributed by atoms with E-state index in [1.807, 2.05) is 24.3 Å². The average molecular weight is 364 g/mol. The van der Waals surface area contributed by atoms with Crippen LogP contribution in [0.5, 0.6) is 11.5 Å².